The van der Waals surface area contributed by atoms with E-state index < -0.39 is 0 Å². The lowest BCUT2D eigenvalue weighted by atomic mass is 10.0. The van der Waals surface area contributed by atoms with Crippen LogP contribution in [0.2, 0.25) is 0 Å². The van der Waals surface area contributed by atoms with Gasteiger partial charge in [-0.25, -0.2) is 0 Å². The first kappa shape index (κ1) is 12.9. The summed E-state index contributed by atoms with van der Waals surface area (Å²) in [7, 11) is 0. The lowest BCUT2D eigenvalue weighted by molar-refractivity contribution is 0.0916. The number of carbonyl (C=O) groups excluding carboxylic acids is 1. The van der Waals surface area contributed by atoms with Crippen LogP contribution in [-0.4, -0.2) is 23.7 Å². The van der Waals surface area contributed by atoms with Crippen molar-refractivity contribution in [3.05, 3.63) is 29.3 Å². The number of hydrogen-bond acceptors (Lipinski definition) is 3. The Morgan fingerprint density at radius 2 is 2.28 bits per heavy atom. The maximum absolute atomic E-state index is 12.1. The second kappa shape index (κ2) is 5.40. The fraction of sp³-hybridized carbons (Fsp3) is 0.500. The molecule has 2 atom stereocenters. The molecule has 1 aromatic carbocycles. The minimum atomic E-state index is -0.0801. The van der Waals surface area contributed by atoms with Crippen molar-refractivity contribution >= 4 is 11.6 Å². The molecule has 0 heterocycles. The number of nitrogen functional groups attached to an aromatic ring is 1. The SMILES string of the molecule is Cc1cc(C(=O)NC2CCCC2CO)ccc1N. The third-order valence-corrected chi connectivity index (χ3v) is 3.74. The Morgan fingerprint density at radius 1 is 1.50 bits per heavy atom. The molecule has 1 aliphatic carbocycles. The van der Waals surface area contributed by atoms with Gasteiger partial charge in [-0.3, -0.25) is 4.79 Å². The van der Waals surface area contributed by atoms with Crippen LogP contribution in [0.1, 0.15) is 35.2 Å². The smallest absolute Gasteiger partial charge is 0.251 e. The summed E-state index contributed by atoms with van der Waals surface area (Å²) in [6.07, 6.45) is 3.00. The Kier molecular flexibility index (Phi) is 3.87. The highest BCUT2D eigenvalue weighted by Gasteiger charge is 2.28. The first-order valence-electron chi connectivity index (χ1n) is 6.39. The number of aryl methyl sites for hydroxylation is 1. The number of nitrogens with one attached hydrogen (secondary N) is 1. The van der Waals surface area contributed by atoms with E-state index in [1.54, 1.807) is 18.2 Å². The predicted molar refractivity (Wildman–Crippen MR) is 71.3 cm³/mol. The van der Waals surface area contributed by atoms with Crippen molar-refractivity contribution < 1.29 is 9.90 Å². The molecule has 2 unspecified atom stereocenters. The first-order valence-corrected chi connectivity index (χ1v) is 6.39. The average molecular weight is 248 g/mol. The number of amides is 1. The van der Waals surface area contributed by atoms with Gasteiger partial charge in [-0.1, -0.05) is 6.42 Å². The molecule has 0 aromatic heterocycles. The van der Waals surface area contributed by atoms with Crippen molar-refractivity contribution in [2.75, 3.05) is 12.3 Å². The van der Waals surface area contributed by atoms with Gasteiger partial charge in [0.1, 0.15) is 0 Å². The van der Waals surface area contributed by atoms with Crippen LogP contribution in [0.15, 0.2) is 18.2 Å². The molecule has 1 saturated carbocycles. The number of carbonyl (C=O) groups is 1. The number of benzene rings is 1. The Balaban J connectivity index is 2.05. The molecule has 18 heavy (non-hydrogen) atoms. The van der Waals surface area contributed by atoms with Gasteiger partial charge in [0.05, 0.1) is 0 Å². The fourth-order valence-corrected chi connectivity index (χ4v) is 2.51. The number of aliphatic hydroxyl groups is 1. The van der Waals surface area contributed by atoms with Crippen molar-refractivity contribution in [2.24, 2.45) is 5.92 Å². The van der Waals surface area contributed by atoms with Crippen molar-refractivity contribution in [1.82, 2.24) is 5.32 Å². The van der Waals surface area contributed by atoms with E-state index in [1.807, 2.05) is 6.92 Å². The van der Waals surface area contributed by atoms with Gasteiger partial charge in [0.15, 0.2) is 0 Å². The normalized spacial score (nSPS) is 23.0. The summed E-state index contributed by atoms with van der Waals surface area (Å²) in [5, 5.41) is 12.2. The highest BCUT2D eigenvalue weighted by atomic mass is 16.3. The van der Waals surface area contributed by atoms with Gasteiger partial charge in [-0.05, 0) is 43.5 Å². The molecule has 0 bridgehead atoms. The Labute approximate surface area is 107 Å². The number of nitrogens with two attached hydrogens (primary N) is 1. The van der Waals surface area contributed by atoms with E-state index in [0.29, 0.717) is 11.3 Å². The number of aliphatic hydroxyl groups excluding tert-OH is 1. The molecular weight excluding hydrogens is 228 g/mol. The van der Waals surface area contributed by atoms with E-state index in [1.165, 1.54) is 0 Å². The van der Waals surface area contributed by atoms with E-state index >= 15 is 0 Å². The molecule has 4 N–H and O–H groups in total. The summed E-state index contributed by atoms with van der Waals surface area (Å²) in [5.41, 5.74) is 7.97. The minimum Gasteiger partial charge on any atom is -0.399 e. The molecule has 4 heteroatoms. The summed E-state index contributed by atoms with van der Waals surface area (Å²) >= 11 is 0. The lowest BCUT2D eigenvalue weighted by Gasteiger charge is -2.19. The van der Waals surface area contributed by atoms with Crippen LogP contribution in [0.3, 0.4) is 0 Å². The van der Waals surface area contributed by atoms with Gasteiger partial charge in [-0.2, -0.15) is 0 Å². The summed E-state index contributed by atoms with van der Waals surface area (Å²) in [4.78, 5) is 12.1. The maximum Gasteiger partial charge on any atom is 0.251 e. The summed E-state index contributed by atoms with van der Waals surface area (Å²) < 4.78 is 0. The Morgan fingerprint density at radius 3 is 2.94 bits per heavy atom. The van der Waals surface area contributed by atoms with Crippen LogP contribution in [-0.2, 0) is 0 Å². The first-order chi connectivity index (χ1) is 8.61. The van der Waals surface area contributed by atoms with Gasteiger partial charge in [0, 0.05) is 29.8 Å². The van der Waals surface area contributed by atoms with Crippen LogP contribution in [0.5, 0.6) is 0 Å². The molecule has 0 radical (unpaired) electrons. The highest BCUT2D eigenvalue weighted by Crippen LogP contribution is 2.25. The van der Waals surface area contributed by atoms with Crippen molar-refractivity contribution in [3.8, 4) is 0 Å². The summed E-state index contributed by atoms with van der Waals surface area (Å²) in [6, 6.07) is 5.39. The molecule has 2 rings (SSSR count). The Bertz CT molecular complexity index is 445. The van der Waals surface area contributed by atoms with Crippen LogP contribution < -0.4 is 11.1 Å². The Hall–Kier alpha value is -1.55. The quantitative estimate of drug-likeness (QED) is 0.709. The van der Waals surface area contributed by atoms with Gasteiger partial charge >= 0.3 is 0 Å². The van der Waals surface area contributed by atoms with E-state index in [9.17, 15) is 9.90 Å². The molecule has 0 saturated heterocycles. The van der Waals surface area contributed by atoms with E-state index in [0.717, 1.165) is 24.8 Å². The summed E-state index contributed by atoms with van der Waals surface area (Å²) in [5.74, 6) is 0.118. The molecule has 0 aliphatic heterocycles. The van der Waals surface area contributed by atoms with Crippen molar-refractivity contribution in [3.63, 3.8) is 0 Å². The van der Waals surface area contributed by atoms with Crippen LogP contribution in [0, 0.1) is 12.8 Å². The van der Waals surface area contributed by atoms with E-state index in [4.69, 9.17) is 5.73 Å². The lowest BCUT2D eigenvalue weighted by Crippen LogP contribution is -2.38. The molecule has 1 aromatic rings. The largest absolute Gasteiger partial charge is 0.399 e. The van der Waals surface area contributed by atoms with Crippen molar-refractivity contribution in [2.45, 2.75) is 32.2 Å². The zero-order valence-electron chi connectivity index (χ0n) is 10.6. The molecule has 1 fully saturated rings. The number of hydrogen-bond donors (Lipinski definition) is 3. The molecular formula is C14H20N2O2. The van der Waals surface area contributed by atoms with Gasteiger partial charge in [-0.15, -0.1) is 0 Å². The number of anilines is 1. The zero-order chi connectivity index (χ0) is 13.1. The topological polar surface area (TPSA) is 75.3 Å². The van der Waals surface area contributed by atoms with Crippen LogP contribution in [0.4, 0.5) is 5.69 Å². The van der Waals surface area contributed by atoms with E-state index in [2.05, 4.69) is 5.32 Å². The minimum absolute atomic E-state index is 0.0801. The number of rotatable bonds is 3. The fourth-order valence-electron chi connectivity index (χ4n) is 2.51. The van der Waals surface area contributed by atoms with Gasteiger partial charge in [0.2, 0.25) is 0 Å². The van der Waals surface area contributed by atoms with Gasteiger partial charge in [0.25, 0.3) is 5.91 Å². The van der Waals surface area contributed by atoms with Gasteiger partial charge < -0.3 is 16.2 Å². The molecule has 4 nitrogen and oxygen atoms in total. The molecule has 1 aliphatic rings. The third-order valence-electron chi connectivity index (χ3n) is 3.74. The highest BCUT2D eigenvalue weighted by molar-refractivity contribution is 5.95. The monoisotopic (exact) mass is 248 g/mol. The average Bonchev–Trinajstić information content (AvgIpc) is 2.79. The van der Waals surface area contributed by atoms with Crippen LogP contribution >= 0.6 is 0 Å². The second-order valence-electron chi connectivity index (χ2n) is 5.02. The molecule has 98 valence electrons. The summed E-state index contributed by atoms with van der Waals surface area (Å²) in [6.45, 7) is 2.03. The molecule has 0 spiro atoms. The second-order valence-corrected chi connectivity index (χ2v) is 5.02. The van der Waals surface area contributed by atoms with Crippen molar-refractivity contribution in [1.29, 1.82) is 0 Å². The molecule has 1 amide bonds. The maximum atomic E-state index is 12.1. The predicted octanol–water partition coefficient (Wildman–Crippen LogP) is 1.47. The third kappa shape index (κ3) is 2.64. The van der Waals surface area contributed by atoms with Crippen LogP contribution in [0.25, 0.3) is 0 Å². The zero-order valence-corrected chi connectivity index (χ0v) is 10.6. The van der Waals surface area contributed by atoms with E-state index in [-0.39, 0.29) is 24.5 Å². The standard InChI is InChI=1S/C14H20N2O2/c1-9-7-10(5-6-12(9)15)14(18)16-13-4-2-3-11(13)8-17/h5-7,11,13,17H,2-4,8,15H2,1H3,(H,16,18).